The maximum Gasteiger partial charge on any atom is 0.435 e. The number of amides is 1. The van der Waals surface area contributed by atoms with Crippen molar-refractivity contribution in [1.82, 2.24) is 29.5 Å². The molecule has 1 aromatic carbocycles. The first-order valence-corrected chi connectivity index (χ1v) is 10.3. The predicted molar refractivity (Wildman–Crippen MR) is 122 cm³/mol. The Kier molecular flexibility index (Phi) is 6.27. The van der Waals surface area contributed by atoms with E-state index in [1.54, 1.807) is 6.92 Å². The number of benzene rings is 1. The topological polar surface area (TPSA) is 107 Å². The molecule has 0 aliphatic rings. The van der Waals surface area contributed by atoms with Crippen molar-refractivity contribution >= 4 is 11.6 Å². The molecule has 0 bridgehead atoms. The van der Waals surface area contributed by atoms with Crippen LogP contribution in [0, 0.1) is 31.6 Å². The lowest BCUT2D eigenvalue weighted by atomic mass is 10.1. The molecule has 0 radical (unpaired) electrons. The third-order valence-corrected chi connectivity index (χ3v) is 5.04. The number of terminal acetylenes is 2. The molecule has 12 heteroatoms. The summed E-state index contributed by atoms with van der Waals surface area (Å²) in [4.78, 5) is 20.5. The second-order valence-corrected chi connectivity index (χ2v) is 7.48. The fourth-order valence-corrected chi connectivity index (χ4v) is 3.58. The summed E-state index contributed by atoms with van der Waals surface area (Å²) in [6, 6.07) is 2.70. The molecule has 3 aromatic heterocycles. The third kappa shape index (κ3) is 4.52. The Balaban J connectivity index is 1.73. The monoisotopic (exact) mass is 494 g/mol. The lowest BCUT2D eigenvalue weighted by Crippen LogP contribution is -2.24. The van der Waals surface area contributed by atoms with Crippen molar-refractivity contribution < 1.29 is 27.8 Å². The summed E-state index contributed by atoms with van der Waals surface area (Å²) in [5.41, 5.74) is -0.719. The average molecular weight is 494 g/mol. The number of aromatic hydroxyl groups is 1. The van der Waals surface area contributed by atoms with E-state index >= 15 is 0 Å². The molecule has 9 nitrogen and oxygen atoms in total. The molecule has 0 aliphatic heterocycles. The number of phenolic OH excluding ortho intramolecular Hbond substituents is 1. The minimum atomic E-state index is -4.73. The quantitative estimate of drug-likeness (QED) is 0.398. The standard InChI is InChI=1S/C24H17F3N6O3/c1-4-6-28-22(35)19-14(3)10-15(11-18(19)34)36-23-21-30-12-17(33(21)9-7-29-23)16-13-32(8-5-2)31-20(16)24(25,26)27/h1-2,7,9-13,34H,6,8H2,3H3,(H,28,35). The van der Waals surface area contributed by atoms with Gasteiger partial charge in [0.1, 0.15) is 18.0 Å². The van der Waals surface area contributed by atoms with Crippen LogP contribution in [0.1, 0.15) is 21.6 Å². The molecule has 2 N–H and O–H groups in total. The molecule has 0 saturated carbocycles. The highest BCUT2D eigenvalue weighted by Crippen LogP contribution is 2.37. The normalized spacial score (nSPS) is 11.2. The average Bonchev–Trinajstić information content (AvgIpc) is 3.42. The number of nitrogens with zero attached hydrogens (tertiary/aromatic N) is 5. The molecule has 1 amide bonds. The number of imidazole rings is 1. The van der Waals surface area contributed by atoms with Gasteiger partial charge in [0.15, 0.2) is 5.69 Å². The number of fused-ring (bicyclic) bond motifs is 1. The Morgan fingerprint density at radius 3 is 2.69 bits per heavy atom. The first-order chi connectivity index (χ1) is 17.1. The molecular weight excluding hydrogens is 477 g/mol. The summed E-state index contributed by atoms with van der Waals surface area (Å²) in [6.45, 7) is 1.43. The van der Waals surface area contributed by atoms with Crippen LogP contribution in [-0.2, 0) is 12.7 Å². The lowest BCUT2D eigenvalue weighted by Gasteiger charge is -2.12. The molecular formula is C24H17F3N6O3. The van der Waals surface area contributed by atoms with Gasteiger partial charge in [0.2, 0.25) is 5.65 Å². The van der Waals surface area contributed by atoms with Gasteiger partial charge in [-0.3, -0.25) is 13.9 Å². The number of hydrogen-bond acceptors (Lipinski definition) is 6. The van der Waals surface area contributed by atoms with E-state index in [-0.39, 0.29) is 52.9 Å². The highest BCUT2D eigenvalue weighted by molar-refractivity contribution is 5.98. The molecule has 4 aromatic rings. The Morgan fingerprint density at radius 1 is 1.25 bits per heavy atom. The number of aromatic nitrogens is 5. The SMILES string of the molecule is C#CCNC(=O)c1c(C)cc(Oc2nccn3c(-c4cn(CC#C)nc4C(F)(F)F)cnc23)cc1O. The molecule has 182 valence electrons. The van der Waals surface area contributed by atoms with Crippen LogP contribution in [0.3, 0.4) is 0 Å². The van der Waals surface area contributed by atoms with Crippen LogP contribution in [0.5, 0.6) is 17.4 Å². The smallest absolute Gasteiger partial charge is 0.435 e. The number of hydrogen-bond donors (Lipinski definition) is 2. The predicted octanol–water partition coefficient (Wildman–Crippen LogP) is 3.41. The molecule has 4 rings (SSSR count). The van der Waals surface area contributed by atoms with Crippen molar-refractivity contribution in [2.75, 3.05) is 6.54 Å². The van der Waals surface area contributed by atoms with Crippen LogP contribution in [0.2, 0.25) is 0 Å². The zero-order chi connectivity index (χ0) is 26.0. The van der Waals surface area contributed by atoms with Gasteiger partial charge in [0.25, 0.3) is 11.8 Å². The number of aryl methyl sites for hydroxylation is 1. The molecule has 0 spiro atoms. The minimum absolute atomic E-state index is 0.0121. The summed E-state index contributed by atoms with van der Waals surface area (Å²) in [7, 11) is 0. The second kappa shape index (κ2) is 9.35. The van der Waals surface area contributed by atoms with Crippen molar-refractivity contribution in [3.63, 3.8) is 0 Å². The largest absolute Gasteiger partial charge is 0.507 e. The van der Waals surface area contributed by atoms with Gasteiger partial charge in [-0.15, -0.1) is 12.8 Å². The molecule has 0 aliphatic carbocycles. The van der Waals surface area contributed by atoms with E-state index in [2.05, 4.69) is 32.2 Å². The van der Waals surface area contributed by atoms with E-state index in [4.69, 9.17) is 17.6 Å². The summed E-state index contributed by atoms with van der Waals surface area (Å²) in [5.74, 6) is 3.69. The van der Waals surface area contributed by atoms with Crippen LogP contribution in [-0.4, -0.2) is 41.7 Å². The molecule has 3 heterocycles. The molecule has 0 saturated heterocycles. The molecule has 0 unspecified atom stereocenters. The number of nitrogens with one attached hydrogen (secondary N) is 1. The van der Waals surface area contributed by atoms with Crippen LogP contribution in [0.15, 0.2) is 36.9 Å². The van der Waals surface area contributed by atoms with Gasteiger partial charge in [-0.1, -0.05) is 11.8 Å². The second-order valence-electron chi connectivity index (χ2n) is 7.48. The van der Waals surface area contributed by atoms with Gasteiger partial charge in [0, 0.05) is 24.7 Å². The Hall–Kier alpha value is -4.97. The van der Waals surface area contributed by atoms with E-state index in [9.17, 15) is 23.1 Å². The van der Waals surface area contributed by atoms with Crippen molar-refractivity contribution in [3.05, 3.63) is 53.7 Å². The van der Waals surface area contributed by atoms with Gasteiger partial charge in [0.05, 0.1) is 29.6 Å². The highest BCUT2D eigenvalue weighted by atomic mass is 19.4. The van der Waals surface area contributed by atoms with Crippen molar-refractivity contribution in [2.24, 2.45) is 0 Å². The summed E-state index contributed by atoms with van der Waals surface area (Å²) in [6.07, 6.45) is 10.8. The van der Waals surface area contributed by atoms with Gasteiger partial charge >= 0.3 is 6.18 Å². The fourth-order valence-electron chi connectivity index (χ4n) is 3.58. The Bertz CT molecular complexity index is 1530. The maximum absolute atomic E-state index is 13.6. The van der Waals surface area contributed by atoms with E-state index < -0.39 is 17.8 Å². The number of halogens is 3. The number of rotatable bonds is 6. The minimum Gasteiger partial charge on any atom is -0.507 e. The summed E-state index contributed by atoms with van der Waals surface area (Å²) in [5, 5.41) is 16.4. The van der Waals surface area contributed by atoms with Gasteiger partial charge < -0.3 is 15.2 Å². The van der Waals surface area contributed by atoms with E-state index in [1.165, 1.54) is 41.3 Å². The van der Waals surface area contributed by atoms with E-state index in [1.807, 2.05) is 0 Å². The lowest BCUT2D eigenvalue weighted by molar-refractivity contribution is -0.141. The van der Waals surface area contributed by atoms with Gasteiger partial charge in [-0.05, 0) is 18.6 Å². The fraction of sp³-hybridized carbons (Fsp3) is 0.167. The summed E-state index contributed by atoms with van der Waals surface area (Å²) < 4.78 is 49.1. The van der Waals surface area contributed by atoms with Gasteiger partial charge in [-0.2, -0.15) is 18.3 Å². The van der Waals surface area contributed by atoms with Crippen molar-refractivity contribution in [1.29, 1.82) is 0 Å². The zero-order valence-corrected chi connectivity index (χ0v) is 18.7. The number of ether oxygens (including phenoxy) is 1. The zero-order valence-electron chi connectivity index (χ0n) is 18.7. The first-order valence-electron chi connectivity index (χ1n) is 10.3. The highest BCUT2D eigenvalue weighted by Gasteiger charge is 2.38. The Morgan fingerprint density at radius 2 is 2.03 bits per heavy atom. The van der Waals surface area contributed by atoms with Crippen LogP contribution < -0.4 is 10.1 Å². The number of carbonyl (C=O) groups excluding carboxylic acids is 1. The van der Waals surface area contributed by atoms with Crippen molar-refractivity contribution in [2.45, 2.75) is 19.6 Å². The molecule has 36 heavy (non-hydrogen) atoms. The van der Waals surface area contributed by atoms with Crippen LogP contribution >= 0.6 is 0 Å². The maximum atomic E-state index is 13.6. The molecule has 0 fully saturated rings. The Labute approximate surface area is 202 Å². The third-order valence-electron chi connectivity index (χ3n) is 5.04. The van der Waals surface area contributed by atoms with Crippen LogP contribution in [0.4, 0.5) is 13.2 Å². The molecule has 0 atom stereocenters. The number of alkyl halides is 3. The van der Waals surface area contributed by atoms with Gasteiger partial charge in [-0.25, -0.2) is 9.97 Å². The first kappa shape index (κ1) is 24.2. The summed E-state index contributed by atoms with van der Waals surface area (Å²) >= 11 is 0. The van der Waals surface area contributed by atoms with E-state index in [0.717, 1.165) is 4.68 Å². The number of carbonyl (C=O) groups is 1. The number of phenols is 1. The van der Waals surface area contributed by atoms with E-state index in [0.29, 0.717) is 5.56 Å². The van der Waals surface area contributed by atoms with Crippen molar-refractivity contribution in [3.8, 4) is 53.3 Å². The van der Waals surface area contributed by atoms with Crippen LogP contribution in [0.25, 0.3) is 16.9 Å².